The van der Waals surface area contributed by atoms with Crippen LogP contribution in [0.15, 0.2) is 66.3 Å². The number of nitrogens with one attached hydrogen (secondary N) is 1. The maximum atomic E-state index is 10.9. The Labute approximate surface area is 165 Å². The standard InChI is InChI=1S/C19H15N3O4S2/c23-28(24,25)22-15-8-6-13(7-9-15)10-26-18-17-16(14-4-2-1-3-5-14)11-27-19(17)21-12-20-18/h1-9,11-12,22H,10H2,(H,23,24,25). The third kappa shape index (κ3) is 4.11. The summed E-state index contributed by atoms with van der Waals surface area (Å²) in [5.41, 5.74) is 3.17. The Bertz CT molecular complexity index is 1210. The number of nitrogens with zero attached hydrogens (tertiary/aromatic N) is 2. The molecule has 2 N–H and O–H groups in total. The normalized spacial score (nSPS) is 11.5. The number of ether oxygens (including phenoxy) is 1. The maximum Gasteiger partial charge on any atom is 0.357 e. The molecule has 0 saturated heterocycles. The first kappa shape index (κ1) is 18.4. The van der Waals surface area contributed by atoms with Gasteiger partial charge in [-0.25, -0.2) is 9.97 Å². The number of hydrogen-bond donors (Lipinski definition) is 2. The minimum Gasteiger partial charge on any atom is -0.472 e. The van der Waals surface area contributed by atoms with E-state index in [-0.39, 0.29) is 12.3 Å². The number of hydrogen-bond acceptors (Lipinski definition) is 6. The summed E-state index contributed by atoms with van der Waals surface area (Å²) in [6, 6.07) is 16.5. The van der Waals surface area contributed by atoms with E-state index in [2.05, 4.69) is 9.97 Å². The largest absolute Gasteiger partial charge is 0.472 e. The van der Waals surface area contributed by atoms with E-state index in [4.69, 9.17) is 9.29 Å². The molecule has 2 aromatic carbocycles. The second kappa shape index (κ2) is 7.55. The van der Waals surface area contributed by atoms with E-state index >= 15 is 0 Å². The lowest BCUT2D eigenvalue weighted by Gasteiger charge is -2.09. The summed E-state index contributed by atoms with van der Waals surface area (Å²) in [5, 5.41) is 2.90. The van der Waals surface area contributed by atoms with Crippen molar-refractivity contribution in [1.29, 1.82) is 0 Å². The van der Waals surface area contributed by atoms with Gasteiger partial charge in [0.25, 0.3) is 0 Å². The fourth-order valence-electron chi connectivity index (χ4n) is 2.76. The smallest absolute Gasteiger partial charge is 0.357 e. The monoisotopic (exact) mass is 413 g/mol. The fourth-order valence-corrected chi connectivity index (χ4v) is 4.10. The van der Waals surface area contributed by atoms with E-state index in [1.54, 1.807) is 24.3 Å². The van der Waals surface area contributed by atoms with E-state index in [0.717, 1.165) is 26.9 Å². The second-order valence-electron chi connectivity index (χ2n) is 5.94. The number of rotatable bonds is 6. The molecule has 4 rings (SSSR count). The molecule has 0 spiro atoms. The maximum absolute atomic E-state index is 10.9. The zero-order valence-electron chi connectivity index (χ0n) is 14.4. The van der Waals surface area contributed by atoms with Gasteiger partial charge in [-0.2, -0.15) is 8.42 Å². The number of fused-ring (bicyclic) bond motifs is 1. The van der Waals surface area contributed by atoms with Crippen LogP contribution < -0.4 is 9.46 Å². The Kier molecular flexibility index (Phi) is 4.95. The SMILES string of the molecule is O=S(=O)(O)Nc1ccc(COc2ncnc3scc(-c4ccccc4)c23)cc1. The highest BCUT2D eigenvalue weighted by Crippen LogP contribution is 2.37. The van der Waals surface area contributed by atoms with Crippen LogP contribution in [-0.2, 0) is 16.9 Å². The Morgan fingerprint density at radius 2 is 1.79 bits per heavy atom. The molecule has 0 amide bonds. The molecule has 0 fully saturated rings. The number of anilines is 1. The van der Waals surface area contributed by atoms with Crippen molar-refractivity contribution < 1.29 is 17.7 Å². The molecule has 142 valence electrons. The highest BCUT2D eigenvalue weighted by molar-refractivity contribution is 7.87. The average Bonchev–Trinajstić information content (AvgIpc) is 3.12. The third-order valence-electron chi connectivity index (χ3n) is 4.00. The van der Waals surface area contributed by atoms with Crippen LogP contribution in [-0.4, -0.2) is 22.9 Å². The van der Waals surface area contributed by atoms with Crippen molar-refractivity contribution in [2.75, 3.05) is 4.72 Å². The van der Waals surface area contributed by atoms with E-state index < -0.39 is 10.3 Å². The second-order valence-corrected chi connectivity index (χ2v) is 7.95. The van der Waals surface area contributed by atoms with Gasteiger partial charge in [-0.05, 0) is 23.3 Å². The van der Waals surface area contributed by atoms with Crippen LogP contribution in [0, 0.1) is 0 Å². The first-order valence-electron chi connectivity index (χ1n) is 8.24. The van der Waals surface area contributed by atoms with Crippen LogP contribution in [0.5, 0.6) is 5.88 Å². The van der Waals surface area contributed by atoms with Gasteiger partial charge < -0.3 is 4.74 Å². The summed E-state index contributed by atoms with van der Waals surface area (Å²) in [4.78, 5) is 9.47. The zero-order valence-corrected chi connectivity index (χ0v) is 16.1. The predicted molar refractivity (Wildman–Crippen MR) is 109 cm³/mol. The van der Waals surface area contributed by atoms with Crippen molar-refractivity contribution >= 4 is 37.5 Å². The lowest BCUT2D eigenvalue weighted by molar-refractivity contribution is 0.298. The molecule has 0 aliphatic carbocycles. The minimum absolute atomic E-state index is 0.252. The van der Waals surface area contributed by atoms with E-state index in [1.807, 2.05) is 40.4 Å². The van der Waals surface area contributed by atoms with Crippen molar-refractivity contribution in [3.05, 3.63) is 71.9 Å². The quantitative estimate of drug-likeness (QED) is 0.461. The number of thiophene rings is 1. The predicted octanol–water partition coefficient (Wildman–Crippen LogP) is 4.15. The van der Waals surface area contributed by atoms with Crippen LogP contribution in [0.4, 0.5) is 5.69 Å². The van der Waals surface area contributed by atoms with Crippen molar-refractivity contribution in [2.24, 2.45) is 0 Å². The fraction of sp³-hybridized carbons (Fsp3) is 0.0526. The zero-order chi connectivity index (χ0) is 19.6. The lowest BCUT2D eigenvalue weighted by atomic mass is 10.1. The molecule has 9 heteroatoms. The molecule has 4 aromatic rings. The lowest BCUT2D eigenvalue weighted by Crippen LogP contribution is -2.10. The molecule has 0 bridgehead atoms. The van der Waals surface area contributed by atoms with Gasteiger partial charge in [0.1, 0.15) is 17.8 Å². The summed E-state index contributed by atoms with van der Waals surface area (Å²) in [6.07, 6.45) is 1.47. The Hall–Kier alpha value is -3.01. The van der Waals surface area contributed by atoms with Crippen molar-refractivity contribution in [3.63, 3.8) is 0 Å². The molecule has 0 aliphatic heterocycles. The van der Waals surface area contributed by atoms with Crippen LogP contribution >= 0.6 is 11.3 Å². The van der Waals surface area contributed by atoms with E-state index in [9.17, 15) is 8.42 Å². The molecule has 0 aliphatic rings. The molecule has 0 unspecified atom stereocenters. The van der Waals surface area contributed by atoms with Crippen LogP contribution in [0.3, 0.4) is 0 Å². The summed E-state index contributed by atoms with van der Waals surface area (Å²) in [7, 11) is -4.29. The van der Waals surface area contributed by atoms with Gasteiger partial charge in [0.2, 0.25) is 5.88 Å². The molecule has 0 atom stereocenters. The van der Waals surface area contributed by atoms with Crippen LogP contribution in [0.2, 0.25) is 0 Å². The first-order chi connectivity index (χ1) is 13.5. The molecular formula is C19H15N3O4S2. The van der Waals surface area contributed by atoms with Crippen molar-refractivity contribution in [2.45, 2.75) is 6.61 Å². The Balaban J connectivity index is 1.58. The van der Waals surface area contributed by atoms with Gasteiger partial charge >= 0.3 is 10.3 Å². The topological polar surface area (TPSA) is 101 Å². The van der Waals surface area contributed by atoms with Gasteiger partial charge in [-0.1, -0.05) is 42.5 Å². The highest BCUT2D eigenvalue weighted by Gasteiger charge is 2.14. The Morgan fingerprint density at radius 1 is 1.04 bits per heavy atom. The van der Waals surface area contributed by atoms with Crippen LogP contribution in [0.1, 0.15) is 5.56 Å². The average molecular weight is 413 g/mol. The summed E-state index contributed by atoms with van der Waals surface area (Å²) < 4.78 is 38.4. The Morgan fingerprint density at radius 3 is 2.50 bits per heavy atom. The number of aromatic nitrogens is 2. The van der Waals surface area contributed by atoms with E-state index in [0.29, 0.717) is 5.88 Å². The third-order valence-corrected chi connectivity index (χ3v) is 5.38. The van der Waals surface area contributed by atoms with Gasteiger partial charge in [0.05, 0.1) is 11.1 Å². The highest BCUT2D eigenvalue weighted by atomic mass is 32.2. The van der Waals surface area contributed by atoms with Gasteiger partial charge in [-0.15, -0.1) is 11.3 Å². The summed E-state index contributed by atoms with van der Waals surface area (Å²) >= 11 is 1.53. The summed E-state index contributed by atoms with van der Waals surface area (Å²) in [5.74, 6) is 0.491. The van der Waals surface area contributed by atoms with E-state index in [1.165, 1.54) is 17.7 Å². The summed E-state index contributed by atoms with van der Waals surface area (Å²) in [6.45, 7) is 0.252. The van der Waals surface area contributed by atoms with Crippen LogP contribution in [0.25, 0.3) is 21.3 Å². The molecular weight excluding hydrogens is 398 g/mol. The minimum atomic E-state index is -4.29. The van der Waals surface area contributed by atoms with Gasteiger partial charge in [0.15, 0.2) is 0 Å². The number of benzene rings is 2. The van der Waals surface area contributed by atoms with Crippen molar-refractivity contribution in [1.82, 2.24) is 9.97 Å². The van der Waals surface area contributed by atoms with Gasteiger partial charge in [-0.3, -0.25) is 9.27 Å². The van der Waals surface area contributed by atoms with Gasteiger partial charge in [0, 0.05) is 10.9 Å². The molecule has 2 heterocycles. The molecule has 2 aromatic heterocycles. The van der Waals surface area contributed by atoms with Crippen molar-refractivity contribution in [3.8, 4) is 17.0 Å². The molecule has 0 radical (unpaired) electrons. The molecule has 28 heavy (non-hydrogen) atoms. The molecule has 7 nitrogen and oxygen atoms in total. The first-order valence-corrected chi connectivity index (χ1v) is 10.6. The molecule has 0 saturated carbocycles.